The van der Waals surface area contributed by atoms with Gasteiger partial charge in [-0.25, -0.2) is 0 Å². The highest BCUT2D eigenvalue weighted by Crippen LogP contribution is 2.40. The minimum absolute atomic E-state index is 0.0847. The molecule has 0 bridgehead atoms. The lowest BCUT2D eigenvalue weighted by Gasteiger charge is -2.32. The summed E-state index contributed by atoms with van der Waals surface area (Å²) in [6.07, 6.45) is 9.49. The van der Waals surface area contributed by atoms with Gasteiger partial charge in [-0.3, -0.25) is 9.59 Å². The van der Waals surface area contributed by atoms with E-state index in [1.54, 1.807) is 14.2 Å². The van der Waals surface area contributed by atoms with E-state index in [4.69, 9.17) is 15.9 Å². The van der Waals surface area contributed by atoms with Crippen LogP contribution < -0.4 is 9.47 Å². The zero-order valence-corrected chi connectivity index (χ0v) is 23.6. The topological polar surface area (TPSA) is 71.6 Å². The van der Waals surface area contributed by atoms with Crippen LogP contribution in [0.3, 0.4) is 0 Å². The number of nitrogens with one attached hydrogen (secondary N) is 1. The summed E-state index contributed by atoms with van der Waals surface area (Å²) < 4.78 is 11.0. The summed E-state index contributed by atoms with van der Waals surface area (Å²) in [7, 11) is 3.30. The van der Waals surface area contributed by atoms with Crippen LogP contribution in [0.15, 0.2) is 36.4 Å². The molecule has 206 valence electrons. The Balaban J connectivity index is 1.47. The first-order chi connectivity index (χ1) is 18.9. The van der Waals surface area contributed by atoms with Gasteiger partial charge in [0.25, 0.3) is 0 Å². The molecule has 1 saturated heterocycles. The standard InChI is InChI=1S/C33H40N2O4/c1-6-7-8-9-26(36)12-15-31(37)35-18-16-23(17-19-35)24-10-13-28-27(20-24)32(22(2)3)33(34-28)25-11-14-29(38-4)30(21-25)39-5/h1,10-11,13-14,20-23,34H,7-9,12,15-19H2,2-5H3. The first kappa shape index (κ1) is 28.3. The molecular formula is C33H40N2O4. The molecule has 2 aromatic carbocycles. The monoisotopic (exact) mass is 528 g/mol. The Morgan fingerprint density at radius 3 is 2.44 bits per heavy atom. The Morgan fingerprint density at radius 1 is 1.03 bits per heavy atom. The number of aromatic nitrogens is 1. The minimum Gasteiger partial charge on any atom is -0.493 e. The second-order valence-corrected chi connectivity index (χ2v) is 10.7. The predicted molar refractivity (Wildman–Crippen MR) is 156 cm³/mol. The van der Waals surface area contributed by atoms with Gasteiger partial charge in [0, 0.05) is 55.2 Å². The van der Waals surface area contributed by atoms with E-state index in [-0.39, 0.29) is 11.7 Å². The summed E-state index contributed by atoms with van der Waals surface area (Å²) >= 11 is 0. The number of amides is 1. The number of hydrogen-bond donors (Lipinski definition) is 1. The quantitative estimate of drug-likeness (QED) is 0.219. The van der Waals surface area contributed by atoms with E-state index in [2.05, 4.69) is 49.0 Å². The number of fused-ring (bicyclic) bond motifs is 1. The molecule has 39 heavy (non-hydrogen) atoms. The molecule has 1 N–H and O–H groups in total. The Labute approximate surface area is 232 Å². The summed E-state index contributed by atoms with van der Waals surface area (Å²) in [5, 5.41) is 1.24. The molecule has 0 saturated carbocycles. The second kappa shape index (κ2) is 12.9. The van der Waals surface area contributed by atoms with Crippen LogP contribution in [0.2, 0.25) is 0 Å². The van der Waals surface area contributed by atoms with Gasteiger partial charge in [0.15, 0.2) is 11.5 Å². The number of piperidine rings is 1. The second-order valence-electron chi connectivity index (χ2n) is 10.7. The first-order valence-electron chi connectivity index (χ1n) is 14.0. The highest BCUT2D eigenvalue weighted by molar-refractivity contribution is 5.92. The van der Waals surface area contributed by atoms with Gasteiger partial charge < -0.3 is 19.4 Å². The van der Waals surface area contributed by atoms with Gasteiger partial charge in [0.2, 0.25) is 5.91 Å². The number of ether oxygens (including phenoxy) is 2. The number of methoxy groups -OCH3 is 2. The number of benzene rings is 2. The van der Waals surface area contributed by atoms with Crippen molar-refractivity contribution in [1.82, 2.24) is 9.88 Å². The fourth-order valence-corrected chi connectivity index (χ4v) is 5.68. The van der Waals surface area contributed by atoms with Crippen molar-refractivity contribution in [2.24, 2.45) is 0 Å². The van der Waals surface area contributed by atoms with Gasteiger partial charge in [0.05, 0.1) is 19.9 Å². The van der Waals surface area contributed by atoms with Crippen LogP contribution >= 0.6 is 0 Å². The van der Waals surface area contributed by atoms with Crippen LogP contribution in [0.4, 0.5) is 0 Å². The van der Waals surface area contributed by atoms with Crippen molar-refractivity contribution in [3.8, 4) is 35.1 Å². The van der Waals surface area contributed by atoms with Crippen LogP contribution in [0, 0.1) is 12.3 Å². The van der Waals surface area contributed by atoms with Crippen LogP contribution in [-0.2, 0) is 9.59 Å². The molecule has 1 aromatic heterocycles. The zero-order chi connectivity index (χ0) is 27.9. The Morgan fingerprint density at radius 2 is 1.77 bits per heavy atom. The van der Waals surface area contributed by atoms with Crippen molar-refractivity contribution in [2.75, 3.05) is 27.3 Å². The first-order valence-corrected chi connectivity index (χ1v) is 14.0. The highest BCUT2D eigenvalue weighted by atomic mass is 16.5. The number of aromatic amines is 1. The Hall–Kier alpha value is -3.72. The smallest absolute Gasteiger partial charge is 0.223 e. The fraction of sp³-hybridized carbons (Fsp3) is 0.455. The third-order valence-corrected chi connectivity index (χ3v) is 7.83. The van der Waals surface area contributed by atoms with E-state index >= 15 is 0 Å². The third-order valence-electron chi connectivity index (χ3n) is 7.83. The Bertz CT molecular complexity index is 1360. The predicted octanol–water partition coefficient (Wildman–Crippen LogP) is 6.83. The van der Waals surface area contributed by atoms with Gasteiger partial charge in [-0.05, 0) is 72.6 Å². The lowest BCUT2D eigenvalue weighted by molar-refractivity contribution is -0.134. The number of ketones is 1. The lowest BCUT2D eigenvalue weighted by Crippen LogP contribution is -2.38. The molecule has 6 nitrogen and oxygen atoms in total. The van der Waals surface area contributed by atoms with E-state index in [1.165, 1.54) is 16.5 Å². The zero-order valence-electron chi connectivity index (χ0n) is 23.6. The number of carbonyl (C=O) groups is 2. The molecule has 2 heterocycles. The summed E-state index contributed by atoms with van der Waals surface area (Å²) in [6, 6.07) is 12.8. The normalized spacial score (nSPS) is 14.0. The number of unbranched alkanes of at least 4 members (excludes halogenated alkanes) is 1. The molecule has 1 aliphatic rings. The number of hydrogen-bond acceptors (Lipinski definition) is 4. The lowest BCUT2D eigenvalue weighted by atomic mass is 9.87. The molecule has 0 unspecified atom stereocenters. The molecular weight excluding hydrogens is 488 g/mol. The Kier molecular flexibility index (Phi) is 9.35. The molecule has 0 spiro atoms. The highest BCUT2D eigenvalue weighted by Gasteiger charge is 2.25. The average molecular weight is 529 g/mol. The molecule has 1 fully saturated rings. The summed E-state index contributed by atoms with van der Waals surface area (Å²) in [5.41, 5.74) is 5.89. The minimum atomic E-state index is 0.0847. The van der Waals surface area contributed by atoms with Gasteiger partial charge in [-0.15, -0.1) is 12.3 Å². The third kappa shape index (κ3) is 6.47. The van der Waals surface area contributed by atoms with E-state index in [0.29, 0.717) is 55.4 Å². The largest absolute Gasteiger partial charge is 0.493 e. The van der Waals surface area contributed by atoms with Crippen molar-refractivity contribution in [2.45, 2.75) is 70.6 Å². The summed E-state index contributed by atoms with van der Waals surface area (Å²) in [6.45, 7) is 5.91. The van der Waals surface area contributed by atoms with E-state index < -0.39 is 0 Å². The van der Waals surface area contributed by atoms with Crippen molar-refractivity contribution in [1.29, 1.82) is 0 Å². The average Bonchev–Trinajstić information content (AvgIpc) is 3.35. The number of terminal acetylenes is 1. The molecule has 6 heteroatoms. The number of nitrogens with zero attached hydrogens (tertiary/aromatic N) is 1. The molecule has 0 atom stereocenters. The van der Waals surface area contributed by atoms with Gasteiger partial charge >= 0.3 is 0 Å². The summed E-state index contributed by atoms with van der Waals surface area (Å²) in [5.74, 6) is 4.91. The SMILES string of the molecule is C#CCCCC(=O)CCC(=O)N1CCC(c2ccc3[nH]c(-c4ccc(OC)c(OC)c4)c(C(C)C)c3c2)CC1. The van der Waals surface area contributed by atoms with Crippen LogP contribution in [0.25, 0.3) is 22.2 Å². The molecule has 1 aliphatic heterocycles. The number of likely N-dealkylation sites (tertiary alicyclic amines) is 1. The van der Waals surface area contributed by atoms with Crippen molar-refractivity contribution < 1.29 is 19.1 Å². The number of carbonyl (C=O) groups excluding carboxylic acids is 2. The van der Waals surface area contributed by atoms with Gasteiger partial charge in [0.1, 0.15) is 5.78 Å². The molecule has 1 amide bonds. The van der Waals surface area contributed by atoms with E-state index in [0.717, 1.165) is 42.7 Å². The maximum atomic E-state index is 12.7. The number of H-pyrrole nitrogens is 1. The van der Waals surface area contributed by atoms with Crippen molar-refractivity contribution >= 4 is 22.6 Å². The van der Waals surface area contributed by atoms with E-state index in [1.807, 2.05) is 17.0 Å². The van der Waals surface area contributed by atoms with Gasteiger partial charge in [-0.2, -0.15) is 0 Å². The number of Topliss-reactive ketones (excluding diaryl/α,β-unsaturated/α-hetero) is 1. The van der Waals surface area contributed by atoms with Gasteiger partial charge in [-0.1, -0.05) is 19.9 Å². The van der Waals surface area contributed by atoms with E-state index in [9.17, 15) is 9.59 Å². The maximum Gasteiger partial charge on any atom is 0.223 e. The van der Waals surface area contributed by atoms with Crippen molar-refractivity contribution in [3.63, 3.8) is 0 Å². The van der Waals surface area contributed by atoms with Crippen LogP contribution in [-0.4, -0.2) is 48.9 Å². The molecule has 4 rings (SSSR count). The maximum absolute atomic E-state index is 12.7. The molecule has 0 aliphatic carbocycles. The summed E-state index contributed by atoms with van der Waals surface area (Å²) in [4.78, 5) is 30.3. The molecule has 0 radical (unpaired) electrons. The number of rotatable bonds is 11. The molecule has 3 aromatic rings. The fourth-order valence-electron chi connectivity index (χ4n) is 5.68. The van der Waals surface area contributed by atoms with Crippen LogP contribution in [0.1, 0.15) is 81.8 Å². The van der Waals surface area contributed by atoms with Crippen LogP contribution in [0.5, 0.6) is 11.5 Å². The van der Waals surface area contributed by atoms with Crippen molar-refractivity contribution in [3.05, 3.63) is 47.5 Å².